The van der Waals surface area contributed by atoms with E-state index in [-0.39, 0.29) is 5.78 Å². The molecule has 3 nitrogen and oxygen atoms in total. The third-order valence-electron chi connectivity index (χ3n) is 6.27. The smallest absolute Gasteiger partial charge is 0.165 e. The Kier molecular flexibility index (Phi) is 6.10. The first kappa shape index (κ1) is 19.8. The molecule has 4 heteroatoms. The third-order valence-corrected chi connectivity index (χ3v) is 6.27. The number of aromatic nitrogens is 1. The van der Waals surface area contributed by atoms with Crippen LogP contribution in [0.15, 0.2) is 54.7 Å². The number of Topliss-reactive ketones (excluding diaryl/α,β-unsaturated/α-hetero) is 1. The highest BCUT2D eigenvalue weighted by molar-refractivity contribution is 6.08. The van der Waals surface area contributed by atoms with Crippen molar-refractivity contribution < 1.29 is 9.18 Å². The molecule has 1 saturated heterocycles. The second-order valence-corrected chi connectivity index (χ2v) is 8.30. The van der Waals surface area contributed by atoms with Crippen LogP contribution in [-0.4, -0.2) is 28.3 Å². The average molecular weight is 392 g/mol. The van der Waals surface area contributed by atoms with Crippen molar-refractivity contribution in [2.45, 2.75) is 38.9 Å². The lowest BCUT2D eigenvalue weighted by Gasteiger charge is -2.32. The Morgan fingerprint density at radius 1 is 1.03 bits per heavy atom. The molecule has 0 saturated carbocycles. The van der Waals surface area contributed by atoms with Crippen molar-refractivity contribution in [3.8, 4) is 0 Å². The zero-order valence-electron chi connectivity index (χ0n) is 17.1. The van der Waals surface area contributed by atoms with Gasteiger partial charge < -0.3 is 4.57 Å². The Bertz CT molecular complexity index is 968. The molecule has 1 aliphatic rings. The van der Waals surface area contributed by atoms with Gasteiger partial charge in [-0.05, 0) is 55.5 Å². The van der Waals surface area contributed by atoms with E-state index in [1.807, 2.05) is 60.3 Å². The van der Waals surface area contributed by atoms with E-state index in [2.05, 4.69) is 11.0 Å². The second kappa shape index (κ2) is 8.91. The Labute approximate surface area is 172 Å². The van der Waals surface area contributed by atoms with Crippen molar-refractivity contribution in [2.24, 2.45) is 13.0 Å². The fraction of sp³-hybridized carbons (Fsp3) is 0.400. The molecule has 4 rings (SSSR count). The van der Waals surface area contributed by atoms with Gasteiger partial charge in [0.1, 0.15) is 6.67 Å². The normalized spacial score (nSPS) is 15.8. The second-order valence-electron chi connectivity index (χ2n) is 8.30. The maximum atomic E-state index is 12.8. The zero-order valence-corrected chi connectivity index (χ0v) is 17.1. The highest BCUT2D eigenvalue weighted by Gasteiger charge is 2.21. The number of likely N-dealkylation sites (tertiary alicyclic amines) is 1. The van der Waals surface area contributed by atoms with Gasteiger partial charge >= 0.3 is 0 Å². The predicted molar refractivity (Wildman–Crippen MR) is 116 cm³/mol. The molecule has 0 bridgehead atoms. The lowest BCUT2D eigenvalue weighted by Crippen LogP contribution is -2.33. The largest absolute Gasteiger partial charge is 0.350 e. The van der Waals surface area contributed by atoms with Crippen LogP contribution in [0.3, 0.4) is 0 Å². The fourth-order valence-corrected chi connectivity index (χ4v) is 4.46. The van der Waals surface area contributed by atoms with E-state index in [0.29, 0.717) is 12.3 Å². The van der Waals surface area contributed by atoms with Gasteiger partial charge in [0.2, 0.25) is 0 Å². The number of carbonyl (C=O) groups is 1. The molecule has 29 heavy (non-hydrogen) atoms. The van der Waals surface area contributed by atoms with Crippen LogP contribution in [0, 0.1) is 5.92 Å². The summed E-state index contributed by atoms with van der Waals surface area (Å²) in [6.45, 7) is 2.66. The Morgan fingerprint density at radius 3 is 2.45 bits per heavy atom. The maximum absolute atomic E-state index is 12.8. The Balaban J connectivity index is 1.26. The van der Waals surface area contributed by atoms with E-state index in [9.17, 15) is 9.18 Å². The predicted octanol–water partition coefficient (Wildman–Crippen LogP) is 5.52. The van der Waals surface area contributed by atoms with E-state index in [0.717, 1.165) is 60.9 Å². The molecule has 0 N–H and O–H groups in total. The molecule has 0 atom stereocenters. The lowest BCUT2D eigenvalue weighted by molar-refractivity contribution is 0.0963. The summed E-state index contributed by atoms with van der Waals surface area (Å²) in [5, 5.41) is 1.06. The number of nitrogens with zero attached hydrogens (tertiary/aromatic N) is 2. The number of fused-ring (bicyclic) bond motifs is 1. The number of alkyl halides is 1. The average Bonchev–Trinajstić information content (AvgIpc) is 3.10. The number of hydrogen-bond acceptors (Lipinski definition) is 2. The zero-order chi connectivity index (χ0) is 20.2. The van der Waals surface area contributed by atoms with Crippen molar-refractivity contribution in [3.05, 3.63) is 71.4 Å². The van der Waals surface area contributed by atoms with E-state index in [1.54, 1.807) is 0 Å². The number of benzene rings is 2. The Hall–Kier alpha value is -2.46. The van der Waals surface area contributed by atoms with Crippen LogP contribution in [0.1, 0.15) is 47.2 Å². The van der Waals surface area contributed by atoms with Gasteiger partial charge in [-0.15, -0.1) is 0 Å². The van der Waals surface area contributed by atoms with Gasteiger partial charge in [-0.3, -0.25) is 9.69 Å². The number of rotatable bonds is 7. The first-order valence-corrected chi connectivity index (χ1v) is 10.6. The monoisotopic (exact) mass is 391 g/mol. The van der Waals surface area contributed by atoms with Crippen LogP contribution in [0.2, 0.25) is 0 Å². The molecule has 0 spiro atoms. The van der Waals surface area contributed by atoms with Crippen molar-refractivity contribution in [1.82, 2.24) is 9.47 Å². The van der Waals surface area contributed by atoms with Crippen molar-refractivity contribution in [1.29, 1.82) is 0 Å². The minimum absolute atomic E-state index is 0.261. The Morgan fingerprint density at radius 2 is 1.72 bits per heavy atom. The third kappa shape index (κ3) is 4.59. The number of halogens is 1. The molecule has 2 aromatic carbocycles. The van der Waals surface area contributed by atoms with Crippen molar-refractivity contribution >= 4 is 16.7 Å². The summed E-state index contributed by atoms with van der Waals surface area (Å²) < 4.78 is 14.7. The van der Waals surface area contributed by atoms with E-state index in [1.165, 1.54) is 5.56 Å². The lowest BCUT2D eigenvalue weighted by atomic mass is 9.90. The molecule has 1 aromatic heterocycles. The number of carbonyl (C=O) groups excluding carboxylic acids is 1. The molecule has 1 fully saturated rings. The molecule has 152 valence electrons. The van der Waals surface area contributed by atoms with Gasteiger partial charge in [-0.2, -0.15) is 0 Å². The summed E-state index contributed by atoms with van der Waals surface area (Å²) >= 11 is 0. The summed E-state index contributed by atoms with van der Waals surface area (Å²) in [7, 11) is 2.00. The van der Waals surface area contributed by atoms with Crippen LogP contribution in [0.25, 0.3) is 10.9 Å². The molecule has 2 heterocycles. The van der Waals surface area contributed by atoms with Crippen molar-refractivity contribution in [2.75, 3.05) is 13.1 Å². The molecular formula is C25H29FN2O. The van der Waals surface area contributed by atoms with Crippen LogP contribution in [0.5, 0.6) is 0 Å². The molecular weight excluding hydrogens is 362 g/mol. The standard InChI is InChI=1S/C25H29FN2O/c1-27-18-23(22-4-2-3-5-24(22)27)25(29)11-10-19-12-14-28(15-13-19)17-21-8-6-20(16-26)7-9-21/h2-9,18-19H,10-17H2,1H3/i26-1. The van der Waals surface area contributed by atoms with Gasteiger partial charge in [0.25, 0.3) is 0 Å². The molecule has 3 aromatic rings. The number of hydrogen-bond donors (Lipinski definition) is 0. The molecule has 0 radical (unpaired) electrons. The SMILES string of the molecule is Cn1cc(C(=O)CCC2CCN(Cc3ccc(C[18F])cc3)CC2)c2ccccc21. The summed E-state index contributed by atoms with van der Waals surface area (Å²) in [6.07, 6.45) is 5.87. The summed E-state index contributed by atoms with van der Waals surface area (Å²) in [5.74, 6) is 0.885. The number of piperidine rings is 1. The number of para-hydroxylation sites is 1. The van der Waals surface area contributed by atoms with Gasteiger partial charge in [-0.1, -0.05) is 42.5 Å². The van der Waals surface area contributed by atoms with Gasteiger partial charge in [0, 0.05) is 42.7 Å². The maximum Gasteiger partial charge on any atom is 0.165 e. The highest BCUT2D eigenvalue weighted by Crippen LogP contribution is 2.26. The van der Waals surface area contributed by atoms with Crippen LogP contribution >= 0.6 is 0 Å². The van der Waals surface area contributed by atoms with Gasteiger partial charge in [0.05, 0.1) is 0 Å². The summed E-state index contributed by atoms with van der Waals surface area (Å²) in [4.78, 5) is 15.3. The van der Waals surface area contributed by atoms with Crippen LogP contribution < -0.4 is 0 Å². The van der Waals surface area contributed by atoms with Gasteiger partial charge in [-0.25, -0.2) is 4.39 Å². The van der Waals surface area contributed by atoms with E-state index < -0.39 is 6.67 Å². The molecule has 0 unspecified atom stereocenters. The summed E-state index contributed by atoms with van der Waals surface area (Å²) in [6, 6.07) is 15.9. The first-order valence-electron chi connectivity index (χ1n) is 10.6. The summed E-state index contributed by atoms with van der Waals surface area (Å²) in [5.41, 5.74) is 3.95. The van der Waals surface area contributed by atoms with E-state index in [4.69, 9.17) is 0 Å². The first-order chi connectivity index (χ1) is 14.1. The molecule has 0 amide bonds. The van der Waals surface area contributed by atoms with E-state index >= 15 is 0 Å². The topological polar surface area (TPSA) is 25.2 Å². The van der Waals surface area contributed by atoms with Crippen molar-refractivity contribution in [3.63, 3.8) is 0 Å². The molecule has 0 aliphatic carbocycles. The molecule has 1 aliphatic heterocycles. The van der Waals surface area contributed by atoms with Crippen LogP contribution in [0.4, 0.5) is 4.39 Å². The van der Waals surface area contributed by atoms with Crippen LogP contribution in [-0.2, 0) is 20.3 Å². The minimum Gasteiger partial charge on any atom is -0.350 e. The highest BCUT2D eigenvalue weighted by atomic mass is 18.2. The number of ketones is 1. The fourth-order valence-electron chi connectivity index (χ4n) is 4.46. The quantitative estimate of drug-likeness (QED) is 0.495. The minimum atomic E-state index is -0.400. The van der Waals surface area contributed by atoms with Gasteiger partial charge in [0.15, 0.2) is 5.78 Å². The number of aryl methyl sites for hydroxylation is 1.